The lowest BCUT2D eigenvalue weighted by molar-refractivity contribution is -0.686. The molecule has 0 fully saturated rings. The number of benzene rings is 2. The normalized spacial score (nSPS) is 10.3. The maximum Gasteiger partial charge on any atom is 0.203 e. The maximum atomic E-state index is 5.50. The zero-order chi connectivity index (χ0) is 16.7. The van der Waals surface area contributed by atoms with Gasteiger partial charge < -0.3 is 24.3 Å². The summed E-state index contributed by atoms with van der Waals surface area (Å²) >= 11 is 0. The Labute approximate surface area is 137 Å². The van der Waals surface area contributed by atoms with Crippen LogP contribution in [0.2, 0.25) is 0 Å². The molecule has 0 aromatic heterocycles. The number of methoxy groups -OCH3 is 4. The lowest BCUT2D eigenvalue weighted by Gasteiger charge is -2.15. The smallest absolute Gasteiger partial charge is 0.203 e. The van der Waals surface area contributed by atoms with E-state index in [4.69, 9.17) is 18.9 Å². The first-order valence-corrected chi connectivity index (χ1v) is 7.46. The highest BCUT2D eigenvalue weighted by molar-refractivity contribution is 5.55. The zero-order valence-corrected chi connectivity index (χ0v) is 14.1. The molecule has 23 heavy (non-hydrogen) atoms. The number of quaternary nitrogens is 1. The molecule has 2 aromatic carbocycles. The van der Waals surface area contributed by atoms with Crippen molar-refractivity contribution < 1.29 is 24.3 Å². The first kappa shape index (κ1) is 17.0. The van der Waals surface area contributed by atoms with Crippen LogP contribution in [0.15, 0.2) is 36.4 Å². The number of nitrogens with two attached hydrogens (primary N) is 1. The van der Waals surface area contributed by atoms with Crippen LogP contribution in [0, 0.1) is 0 Å². The van der Waals surface area contributed by atoms with Crippen molar-refractivity contribution in [1.29, 1.82) is 0 Å². The van der Waals surface area contributed by atoms with Crippen molar-refractivity contribution in [3.8, 4) is 23.0 Å². The van der Waals surface area contributed by atoms with E-state index in [1.165, 1.54) is 5.56 Å². The SMILES string of the molecule is COc1ccc(C[NH2+]Cc2ccc(OC)c(OC)c2OC)cc1. The second-order valence-corrected chi connectivity index (χ2v) is 5.04. The quantitative estimate of drug-likeness (QED) is 0.809. The van der Waals surface area contributed by atoms with Crippen molar-refractivity contribution in [2.45, 2.75) is 13.1 Å². The molecular weight excluding hydrogens is 294 g/mol. The number of ether oxygens (including phenoxy) is 4. The highest BCUT2D eigenvalue weighted by atomic mass is 16.5. The van der Waals surface area contributed by atoms with Crippen LogP contribution in [0.4, 0.5) is 0 Å². The molecule has 5 nitrogen and oxygen atoms in total. The first-order chi connectivity index (χ1) is 11.2. The molecule has 2 N–H and O–H groups in total. The van der Waals surface area contributed by atoms with Crippen LogP contribution in [-0.4, -0.2) is 28.4 Å². The van der Waals surface area contributed by atoms with Gasteiger partial charge in [0, 0.05) is 5.56 Å². The molecule has 0 aliphatic heterocycles. The summed E-state index contributed by atoms with van der Waals surface area (Å²) < 4.78 is 21.4. The Bertz CT molecular complexity index is 626. The first-order valence-electron chi connectivity index (χ1n) is 7.46. The van der Waals surface area contributed by atoms with Crippen molar-refractivity contribution in [3.05, 3.63) is 47.5 Å². The molecule has 0 atom stereocenters. The molecule has 0 unspecified atom stereocenters. The van der Waals surface area contributed by atoms with Gasteiger partial charge in [0.2, 0.25) is 5.75 Å². The highest BCUT2D eigenvalue weighted by Gasteiger charge is 2.16. The fourth-order valence-corrected chi connectivity index (χ4v) is 2.48. The van der Waals surface area contributed by atoms with Gasteiger partial charge in [-0.05, 0) is 36.4 Å². The van der Waals surface area contributed by atoms with Crippen LogP contribution in [0.25, 0.3) is 0 Å². The van der Waals surface area contributed by atoms with Gasteiger partial charge in [-0.15, -0.1) is 0 Å². The minimum Gasteiger partial charge on any atom is -0.497 e. The molecule has 0 heterocycles. The van der Waals surface area contributed by atoms with E-state index in [0.717, 1.165) is 30.2 Å². The largest absolute Gasteiger partial charge is 0.497 e. The second-order valence-electron chi connectivity index (χ2n) is 5.04. The Kier molecular flexibility index (Phi) is 6.11. The van der Waals surface area contributed by atoms with Crippen molar-refractivity contribution in [2.75, 3.05) is 28.4 Å². The third kappa shape index (κ3) is 4.07. The van der Waals surface area contributed by atoms with Crippen LogP contribution < -0.4 is 24.3 Å². The highest BCUT2D eigenvalue weighted by Crippen LogP contribution is 2.39. The molecule has 5 heteroatoms. The monoisotopic (exact) mass is 318 g/mol. The number of rotatable bonds is 8. The molecule has 2 rings (SSSR count). The minimum atomic E-state index is 0.630. The van der Waals surface area contributed by atoms with E-state index in [2.05, 4.69) is 17.4 Å². The van der Waals surface area contributed by atoms with E-state index in [0.29, 0.717) is 11.5 Å². The summed E-state index contributed by atoms with van der Waals surface area (Å²) in [5, 5.41) is 2.21. The summed E-state index contributed by atoms with van der Waals surface area (Å²) in [6.45, 7) is 1.66. The van der Waals surface area contributed by atoms with E-state index in [-0.39, 0.29) is 0 Å². The summed E-state index contributed by atoms with van der Waals surface area (Å²) in [6, 6.07) is 12.0. The van der Waals surface area contributed by atoms with E-state index >= 15 is 0 Å². The maximum absolute atomic E-state index is 5.50. The third-order valence-electron chi connectivity index (χ3n) is 3.69. The molecule has 0 saturated carbocycles. The van der Waals surface area contributed by atoms with Crippen LogP contribution in [0.3, 0.4) is 0 Å². The van der Waals surface area contributed by atoms with E-state index in [9.17, 15) is 0 Å². The summed E-state index contributed by atoms with van der Waals surface area (Å²) in [5.41, 5.74) is 2.31. The lowest BCUT2D eigenvalue weighted by atomic mass is 10.1. The fraction of sp³-hybridized carbons (Fsp3) is 0.333. The van der Waals surface area contributed by atoms with Crippen molar-refractivity contribution in [2.24, 2.45) is 0 Å². The average Bonchev–Trinajstić information content (AvgIpc) is 2.61. The molecule has 0 amide bonds. The second kappa shape index (κ2) is 8.29. The Morgan fingerprint density at radius 3 is 1.96 bits per heavy atom. The Morgan fingerprint density at radius 1 is 0.696 bits per heavy atom. The van der Waals surface area contributed by atoms with Crippen molar-refractivity contribution in [1.82, 2.24) is 0 Å². The van der Waals surface area contributed by atoms with Crippen LogP contribution >= 0.6 is 0 Å². The summed E-state index contributed by atoms with van der Waals surface area (Å²) in [7, 11) is 6.55. The van der Waals surface area contributed by atoms with Gasteiger partial charge in [0.1, 0.15) is 18.8 Å². The summed E-state index contributed by atoms with van der Waals surface area (Å²) in [6.07, 6.45) is 0. The predicted molar refractivity (Wildman–Crippen MR) is 88.4 cm³/mol. The Hall–Kier alpha value is -2.40. The van der Waals surface area contributed by atoms with Crippen molar-refractivity contribution in [3.63, 3.8) is 0 Å². The third-order valence-corrected chi connectivity index (χ3v) is 3.69. The van der Waals surface area contributed by atoms with Gasteiger partial charge >= 0.3 is 0 Å². The molecular formula is C18H24NO4+. The molecule has 2 aromatic rings. The molecule has 0 radical (unpaired) electrons. The van der Waals surface area contributed by atoms with Gasteiger partial charge in [0.05, 0.1) is 34.0 Å². The Morgan fingerprint density at radius 2 is 1.39 bits per heavy atom. The molecule has 0 spiro atoms. The van der Waals surface area contributed by atoms with E-state index in [1.54, 1.807) is 28.4 Å². The lowest BCUT2D eigenvalue weighted by Crippen LogP contribution is -2.80. The van der Waals surface area contributed by atoms with Gasteiger partial charge in [-0.3, -0.25) is 0 Å². The average molecular weight is 318 g/mol. The predicted octanol–water partition coefficient (Wildman–Crippen LogP) is 1.98. The van der Waals surface area contributed by atoms with Crippen molar-refractivity contribution >= 4 is 0 Å². The van der Waals surface area contributed by atoms with Gasteiger partial charge in [0.25, 0.3) is 0 Å². The molecule has 124 valence electrons. The van der Waals surface area contributed by atoms with E-state index < -0.39 is 0 Å². The van der Waals surface area contributed by atoms with Gasteiger partial charge in [-0.25, -0.2) is 0 Å². The summed E-state index contributed by atoms with van der Waals surface area (Å²) in [5.74, 6) is 2.89. The van der Waals surface area contributed by atoms with Crippen LogP contribution in [-0.2, 0) is 13.1 Å². The topological polar surface area (TPSA) is 53.5 Å². The standard InChI is InChI=1S/C18H23NO4/c1-20-15-8-5-13(6-9-15)11-19-12-14-7-10-16(21-2)18(23-4)17(14)22-3/h5-10,19H,11-12H2,1-4H3/p+1. The van der Waals surface area contributed by atoms with E-state index in [1.807, 2.05) is 24.3 Å². The minimum absolute atomic E-state index is 0.630. The van der Waals surface area contributed by atoms with Crippen LogP contribution in [0.1, 0.15) is 11.1 Å². The molecule has 0 aliphatic rings. The van der Waals surface area contributed by atoms with Gasteiger partial charge in [-0.1, -0.05) is 0 Å². The van der Waals surface area contributed by atoms with Gasteiger partial charge in [-0.2, -0.15) is 0 Å². The number of hydrogen-bond donors (Lipinski definition) is 1. The molecule has 0 bridgehead atoms. The summed E-state index contributed by atoms with van der Waals surface area (Å²) in [4.78, 5) is 0. The zero-order valence-electron chi connectivity index (χ0n) is 14.1. The van der Waals surface area contributed by atoms with Crippen LogP contribution in [0.5, 0.6) is 23.0 Å². The fourth-order valence-electron chi connectivity index (χ4n) is 2.48. The molecule has 0 saturated heterocycles. The molecule has 0 aliphatic carbocycles. The van der Waals surface area contributed by atoms with Gasteiger partial charge in [0.15, 0.2) is 11.5 Å². The Balaban J connectivity index is 2.04. The number of hydrogen-bond acceptors (Lipinski definition) is 4.